The third-order valence-electron chi connectivity index (χ3n) is 4.51. The average Bonchev–Trinajstić information content (AvgIpc) is 2.68. The summed E-state index contributed by atoms with van der Waals surface area (Å²) >= 11 is 0. The standard InChI is InChI=1S/C20H21FN2O3/c1-26-16-6-4-5-15(13-16)14-19(24)22-9-11-23(12-10-22)20(25)17-7-2-3-8-18(17)21/h2-8,13H,9-12,14H2,1H3. The lowest BCUT2D eigenvalue weighted by Crippen LogP contribution is -2.51. The van der Waals surface area contributed by atoms with E-state index in [0.717, 1.165) is 11.3 Å². The molecule has 2 aromatic rings. The summed E-state index contributed by atoms with van der Waals surface area (Å²) in [5.74, 6) is -0.121. The van der Waals surface area contributed by atoms with Crippen molar-refractivity contribution in [2.24, 2.45) is 0 Å². The van der Waals surface area contributed by atoms with Crippen LogP contribution in [-0.2, 0) is 11.2 Å². The van der Waals surface area contributed by atoms with E-state index in [2.05, 4.69) is 0 Å². The van der Waals surface area contributed by atoms with E-state index in [-0.39, 0.29) is 17.4 Å². The van der Waals surface area contributed by atoms with Crippen molar-refractivity contribution in [1.82, 2.24) is 9.80 Å². The van der Waals surface area contributed by atoms with Gasteiger partial charge in [-0.3, -0.25) is 9.59 Å². The van der Waals surface area contributed by atoms with Gasteiger partial charge >= 0.3 is 0 Å². The lowest BCUT2D eigenvalue weighted by Gasteiger charge is -2.35. The molecule has 0 aliphatic carbocycles. The van der Waals surface area contributed by atoms with E-state index in [1.54, 1.807) is 29.0 Å². The Bertz CT molecular complexity index is 801. The van der Waals surface area contributed by atoms with E-state index in [0.29, 0.717) is 32.6 Å². The van der Waals surface area contributed by atoms with Gasteiger partial charge in [0, 0.05) is 26.2 Å². The Morgan fingerprint density at radius 3 is 2.38 bits per heavy atom. The third kappa shape index (κ3) is 4.02. The van der Waals surface area contributed by atoms with Crippen molar-refractivity contribution in [3.05, 3.63) is 65.5 Å². The molecule has 1 aliphatic heterocycles. The van der Waals surface area contributed by atoms with Gasteiger partial charge in [0.2, 0.25) is 5.91 Å². The molecule has 0 aromatic heterocycles. The van der Waals surface area contributed by atoms with Gasteiger partial charge in [-0.15, -0.1) is 0 Å². The molecule has 1 heterocycles. The van der Waals surface area contributed by atoms with Crippen LogP contribution in [0.5, 0.6) is 5.75 Å². The Balaban J connectivity index is 1.57. The summed E-state index contributed by atoms with van der Waals surface area (Å²) in [6, 6.07) is 13.4. The number of nitrogens with zero attached hydrogens (tertiary/aromatic N) is 2. The Morgan fingerprint density at radius 1 is 1.00 bits per heavy atom. The molecule has 136 valence electrons. The molecule has 1 saturated heterocycles. The van der Waals surface area contributed by atoms with Gasteiger partial charge in [0.1, 0.15) is 11.6 Å². The van der Waals surface area contributed by atoms with Crippen molar-refractivity contribution in [1.29, 1.82) is 0 Å². The van der Waals surface area contributed by atoms with Crippen LogP contribution in [0, 0.1) is 5.82 Å². The Labute approximate surface area is 152 Å². The molecule has 0 bridgehead atoms. The summed E-state index contributed by atoms with van der Waals surface area (Å²) < 4.78 is 19.0. The highest BCUT2D eigenvalue weighted by molar-refractivity contribution is 5.94. The molecule has 0 atom stereocenters. The average molecular weight is 356 g/mol. The van der Waals surface area contributed by atoms with Gasteiger partial charge in [0.15, 0.2) is 0 Å². The fourth-order valence-corrected chi connectivity index (χ4v) is 3.03. The quantitative estimate of drug-likeness (QED) is 0.845. The van der Waals surface area contributed by atoms with E-state index in [9.17, 15) is 14.0 Å². The maximum absolute atomic E-state index is 13.8. The molecule has 0 N–H and O–H groups in total. The maximum Gasteiger partial charge on any atom is 0.256 e. The van der Waals surface area contributed by atoms with E-state index >= 15 is 0 Å². The van der Waals surface area contributed by atoms with Crippen molar-refractivity contribution in [2.75, 3.05) is 33.3 Å². The summed E-state index contributed by atoms with van der Waals surface area (Å²) in [6.45, 7) is 1.69. The van der Waals surface area contributed by atoms with Crippen LogP contribution in [0.15, 0.2) is 48.5 Å². The molecular formula is C20H21FN2O3. The largest absolute Gasteiger partial charge is 0.497 e. The van der Waals surface area contributed by atoms with Crippen molar-refractivity contribution < 1.29 is 18.7 Å². The first-order chi connectivity index (χ1) is 12.6. The number of rotatable bonds is 4. The minimum atomic E-state index is -0.519. The molecule has 0 unspecified atom stereocenters. The molecule has 0 radical (unpaired) electrons. The summed E-state index contributed by atoms with van der Waals surface area (Å²) in [5, 5.41) is 0. The van der Waals surface area contributed by atoms with Crippen LogP contribution in [0.2, 0.25) is 0 Å². The van der Waals surface area contributed by atoms with Gasteiger partial charge in [-0.2, -0.15) is 0 Å². The molecule has 2 aromatic carbocycles. The van der Waals surface area contributed by atoms with E-state index < -0.39 is 5.82 Å². The topological polar surface area (TPSA) is 49.9 Å². The van der Waals surface area contributed by atoms with Crippen molar-refractivity contribution in [3.63, 3.8) is 0 Å². The molecule has 26 heavy (non-hydrogen) atoms. The Morgan fingerprint density at radius 2 is 1.69 bits per heavy atom. The smallest absolute Gasteiger partial charge is 0.256 e. The van der Waals surface area contributed by atoms with Gasteiger partial charge in [0.05, 0.1) is 19.1 Å². The van der Waals surface area contributed by atoms with E-state index in [4.69, 9.17) is 4.74 Å². The predicted octanol–water partition coefficient (Wildman–Crippen LogP) is 2.36. The highest BCUT2D eigenvalue weighted by atomic mass is 19.1. The number of carbonyl (C=O) groups is 2. The second kappa shape index (κ2) is 7.99. The first-order valence-electron chi connectivity index (χ1n) is 8.53. The molecule has 5 nitrogen and oxygen atoms in total. The number of piperazine rings is 1. The number of carbonyl (C=O) groups excluding carboxylic acids is 2. The van der Waals surface area contributed by atoms with Crippen molar-refractivity contribution >= 4 is 11.8 Å². The first kappa shape index (κ1) is 17.9. The zero-order valence-electron chi connectivity index (χ0n) is 14.7. The molecule has 0 saturated carbocycles. The minimum absolute atomic E-state index is 0.0104. The zero-order valence-corrected chi connectivity index (χ0v) is 14.7. The van der Waals surface area contributed by atoms with Crippen molar-refractivity contribution in [2.45, 2.75) is 6.42 Å². The second-order valence-electron chi connectivity index (χ2n) is 6.18. The van der Waals surface area contributed by atoms with Crippen LogP contribution in [0.25, 0.3) is 0 Å². The zero-order chi connectivity index (χ0) is 18.5. The molecule has 2 amide bonds. The van der Waals surface area contributed by atoms with Crippen LogP contribution in [0.4, 0.5) is 4.39 Å². The lowest BCUT2D eigenvalue weighted by atomic mass is 10.1. The normalized spacial score (nSPS) is 14.2. The number of hydrogen-bond donors (Lipinski definition) is 0. The summed E-state index contributed by atoms with van der Waals surface area (Å²) in [4.78, 5) is 28.2. The Kier molecular flexibility index (Phi) is 5.51. The van der Waals surface area contributed by atoms with E-state index in [1.807, 2.05) is 24.3 Å². The Hall–Kier alpha value is -2.89. The van der Waals surface area contributed by atoms with Gasteiger partial charge in [-0.25, -0.2) is 4.39 Å². The van der Waals surface area contributed by atoms with Crippen LogP contribution in [-0.4, -0.2) is 54.9 Å². The monoisotopic (exact) mass is 356 g/mol. The third-order valence-corrected chi connectivity index (χ3v) is 4.51. The number of amides is 2. The fraction of sp³-hybridized carbons (Fsp3) is 0.300. The summed E-state index contributed by atoms with van der Waals surface area (Å²) in [5.41, 5.74) is 0.961. The maximum atomic E-state index is 13.8. The van der Waals surface area contributed by atoms with Crippen LogP contribution < -0.4 is 4.74 Å². The van der Waals surface area contributed by atoms with Crippen LogP contribution >= 0.6 is 0 Å². The number of methoxy groups -OCH3 is 1. The van der Waals surface area contributed by atoms with Gasteiger partial charge in [-0.05, 0) is 29.8 Å². The first-order valence-corrected chi connectivity index (χ1v) is 8.53. The highest BCUT2D eigenvalue weighted by Gasteiger charge is 2.26. The lowest BCUT2D eigenvalue weighted by molar-refractivity contribution is -0.131. The minimum Gasteiger partial charge on any atom is -0.497 e. The van der Waals surface area contributed by atoms with Crippen LogP contribution in [0.3, 0.4) is 0 Å². The van der Waals surface area contributed by atoms with Gasteiger partial charge < -0.3 is 14.5 Å². The molecule has 3 rings (SSSR count). The number of hydrogen-bond acceptors (Lipinski definition) is 3. The number of halogens is 1. The molecule has 1 aliphatic rings. The molecule has 1 fully saturated rings. The fourth-order valence-electron chi connectivity index (χ4n) is 3.03. The van der Waals surface area contributed by atoms with Gasteiger partial charge in [-0.1, -0.05) is 24.3 Å². The highest BCUT2D eigenvalue weighted by Crippen LogP contribution is 2.16. The second-order valence-corrected chi connectivity index (χ2v) is 6.18. The molecule has 6 heteroatoms. The molecule has 0 spiro atoms. The number of ether oxygens (including phenoxy) is 1. The van der Waals surface area contributed by atoms with Gasteiger partial charge in [0.25, 0.3) is 5.91 Å². The number of benzene rings is 2. The van der Waals surface area contributed by atoms with Crippen LogP contribution in [0.1, 0.15) is 15.9 Å². The SMILES string of the molecule is COc1cccc(CC(=O)N2CCN(C(=O)c3ccccc3F)CC2)c1. The predicted molar refractivity (Wildman–Crippen MR) is 95.6 cm³/mol. The summed E-state index contributed by atoms with van der Waals surface area (Å²) in [6.07, 6.45) is 0.290. The molecular weight excluding hydrogens is 335 g/mol. The van der Waals surface area contributed by atoms with E-state index in [1.165, 1.54) is 12.1 Å². The van der Waals surface area contributed by atoms with Crippen molar-refractivity contribution in [3.8, 4) is 5.75 Å². The summed E-state index contributed by atoms with van der Waals surface area (Å²) in [7, 11) is 1.59.